The smallest absolute Gasteiger partial charge is 0.235 e. The zero-order valence-electron chi connectivity index (χ0n) is 16.5. The van der Waals surface area contributed by atoms with Crippen LogP contribution in [0.15, 0.2) is 58.9 Å². The van der Waals surface area contributed by atoms with Crippen molar-refractivity contribution < 1.29 is 4.79 Å². The van der Waals surface area contributed by atoms with Crippen LogP contribution < -0.4 is 11.1 Å². The quantitative estimate of drug-likeness (QED) is 0.437. The number of nitrogens with zero attached hydrogens (tertiary/aromatic N) is 4. The summed E-state index contributed by atoms with van der Waals surface area (Å²) >= 11 is 2.56. The molecule has 2 aromatic heterocycles. The molecule has 4 aromatic rings. The number of carbonyl (C=O) groups excluding carboxylic acids is 1. The van der Waals surface area contributed by atoms with E-state index in [-0.39, 0.29) is 11.7 Å². The fraction of sp³-hybridized carbons (Fsp3) is 0.143. The molecule has 0 bridgehead atoms. The van der Waals surface area contributed by atoms with Gasteiger partial charge in [0.15, 0.2) is 4.34 Å². The number of nitrogen functional groups attached to an aromatic ring is 1. The number of rotatable bonds is 6. The molecular weight excluding hydrogens is 416 g/mol. The molecule has 0 saturated heterocycles. The van der Waals surface area contributed by atoms with Crippen LogP contribution in [-0.2, 0) is 4.79 Å². The average molecular weight is 437 g/mol. The van der Waals surface area contributed by atoms with E-state index in [9.17, 15) is 4.79 Å². The van der Waals surface area contributed by atoms with Crippen molar-refractivity contribution in [1.82, 2.24) is 20.0 Å². The molecule has 152 valence electrons. The SMILES string of the molecule is Cc1ccc(C)c(-c2cc(NC(=O)CSc3nnc(N)s3)n(-c3ccccc3)n2)c1. The molecule has 1 amide bonds. The Kier molecular flexibility index (Phi) is 5.82. The van der Waals surface area contributed by atoms with Crippen molar-refractivity contribution in [3.63, 3.8) is 0 Å². The summed E-state index contributed by atoms with van der Waals surface area (Å²) in [7, 11) is 0. The molecule has 0 aliphatic carbocycles. The van der Waals surface area contributed by atoms with E-state index >= 15 is 0 Å². The Labute approximate surface area is 182 Å². The summed E-state index contributed by atoms with van der Waals surface area (Å²) in [5, 5.41) is 15.8. The van der Waals surface area contributed by atoms with Crippen LogP contribution in [0.1, 0.15) is 11.1 Å². The number of amides is 1. The Morgan fingerprint density at radius 2 is 1.93 bits per heavy atom. The summed E-state index contributed by atoms with van der Waals surface area (Å²) in [6, 6.07) is 17.9. The number of hydrogen-bond donors (Lipinski definition) is 2. The number of carbonyl (C=O) groups is 1. The lowest BCUT2D eigenvalue weighted by molar-refractivity contribution is -0.113. The van der Waals surface area contributed by atoms with E-state index in [1.165, 1.54) is 23.1 Å². The number of aryl methyl sites for hydroxylation is 2. The zero-order valence-corrected chi connectivity index (χ0v) is 18.1. The second-order valence-electron chi connectivity index (χ2n) is 6.72. The van der Waals surface area contributed by atoms with Crippen LogP contribution >= 0.6 is 23.1 Å². The average Bonchev–Trinajstić information content (AvgIpc) is 3.35. The highest BCUT2D eigenvalue weighted by Crippen LogP contribution is 2.29. The highest BCUT2D eigenvalue weighted by molar-refractivity contribution is 8.01. The highest BCUT2D eigenvalue weighted by Gasteiger charge is 2.16. The van der Waals surface area contributed by atoms with Gasteiger partial charge in [0.2, 0.25) is 11.0 Å². The van der Waals surface area contributed by atoms with Gasteiger partial charge in [0.1, 0.15) is 5.82 Å². The molecule has 0 fully saturated rings. The van der Waals surface area contributed by atoms with Crippen LogP contribution in [0.4, 0.5) is 10.9 Å². The summed E-state index contributed by atoms with van der Waals surface area (Å²) in [4.78, 5) is 12.6. The maximum atomic E-state index is 12.6. The van der Waals surface area contributed by atoms with Crippen LogP contribution in [0.5, 0.6) is 0 Å². The van der Waals surface area contributed by atoms with Crippen molar-refractivity contribution in [3.05, 3.63) is 65.7 Å². The summed E-state index contributed by atoms with van der Waals surface area (Å²) in [5.74, 6) is 0.658. The van der Waals surface area contributed by atoms with Crippen LogP contribution in [0.25, 0.3) is 16.9 Å². The molecule has 7 nitrogen and oxygen atoms in total. The second-order valence-corrected chi connectivity index (χ2v) is 8.96. The molecule has 2 heterocycles. The lowest BCUT2D eigenvalue weighted by Gasteiger charge is -2.08. The standard InChI is InChI=1S/C21H20N6OS2/c1-13-8-9-14(2)16(10-13)17-11-18(27(26-17)15-6-4-3-5-7-15)23-19(28)12-29-21-25-24-20(22)30-21/h3-11H,12H2,1-2H3,(H2,22,24)(H,23,28). The molecule has 0 saturated carbocycles. The Bertz CT molecular complexity index is 1190. The minimum atomic E-state index is -0.154. The topological polar surface area (TPSA) is 98.7 Å². The third kappa shape index (κ3) is 4.52. The number of para-hydroxylation sites is 1. The van der Waals surface area contributed by atoms with E-state index in [1.807, 2.05) is 36.4 Å². The van der Waals surface area contributed by atoms with E-state index in [4.69, 9.17) is 10.8 Å². The Morgan fingerprint density at radius 3 is 2.67 bits per heavy atom. The molecule has 9 heteroatoms. The zero-order chi connectivity index (χ0) is 21.1. The van der Waals surface area contributed by atoms with E-state index in [1.54, 1.807) is 4.68 Å². The lowest BCUT2D eigenvalue weighted by atomic mass is 10.0. The van der Waals surface area contributed by atoms with Crippen molar-refractivity contribution in [3.8, 4) is 16.9 Å². The van der Waals surface area contributed by atoms with Crippen LogP contribution in [-0.4, -0.2) is 31.6 Å². The van der Waals surface area contributed by atoms with Crippen LogP contribution in [0, 0.1) is 13.8 Å². The van der Waals surface area contributed by atoms with Gasteiger partial charge in [-0.2, -0.15) is 5.10 Å². The molecule has 0 aliphatic rings. The van der Waals surface area contributed by atoms with Gasteiger partial charge in [-0.15, -0.1) is 10.2 Å². The van der Waals surface area contributed by atoms with Crippen molar-refractivity contribution in [2.45, 2.75) is 18.2 Å². The largest absolute Gasteiger partial charge is 0.374 e. The predicted octanol–water partition coefficient (Wildman–Crippen LogP) is 4.32. The van der Waals surface area contributed by atoms with Gasteiger partial charge in [-0.25, -0.2) is 4.68 Å². The van der Waals surface area contributed by atoms with Gasteiger partial charge >= 0.3 is 0 Å². The molecule has 0 spiro atoms. The summed E-state index contributed by atoms with van der Waals surface area (Å²) < 4.78 is 2.41. The number of hydrogen-bond acceptors (Lipinski definition) is 7. The fourth-order valence-electron chi connectivity index (χ4n) is 2.96. The van der Waals surface area contributed by atoms with Crippen molar-refractivity contribution in [2.75, 3.05) is 16.8 Å². The van der Waals surface area contributed by atoms with Crippen LogP contribution in [0.2, 0.25) is 0 Å². The number of nitrogens with two attached hydrogens (primary N) is 1. The molecule has 0 unspecified atom stereocenters. The van der Waals surface area contributed by atoms with Crippen LogP contribution in [0.3, 0.4) is 0 Å². The molecular formula is C21H20N6OS2. The number of aromatic nitrogens is 4. The Balaban J connectivity index is 1.63. The first-order valence-electron chi connectivity index (χ1n) is 9.24. The normalized spacial score (nSPS) is 10.9. The minimum Gasteiger partial charge on any atom is -0.374 e. The molecule has 0 radical (unpaired) electrons. The van der Waals surface area contributed by atoms with Gasteiger partial charge in [-0.3, -0.25) is 4.79 Å². The number of benzene rings is 2. The predicted molar refractivity (Wildman–Crippen MR) is 122 cm³/mol. The van der Waals surface area contributed by atoms with E-state index in [0.717, 1.165) is 28.1 Å². The third-order valence-corrected chi connectivity index (χ3v) is 6.28. The molecule has 3 N–H and O–H groups in total. The second kappa shape index (κ2) is 8.68. The lowest BCUT2D eigenvalue weighted by Crippen LogP contribution is -2.16. The molecule has 2 aromatic carbocycles. The van der Waals surface area contributed by atoms with Gasteiger partial charge in [-0.1, -0.05) is 59.0 Å². The summed E-state index contributed by atoms with van der Waals surface area (Å²) in [6.45, 7) is 4.11. The highest BCUT2D eigenvalue weighted by atomic mass is 32.2. The Hall–Kier alpha value is -3.17. The van der Waals surface area contributed by atoms with Gasteiger partial charge in [0, 0.05) is 11.6 Å². The number of anilines is 2. The van der Waals surface area contributed by atoms with Crippen molar-refractivity contribution >= 4 is 40.0 Å². The molecule has 30 heavy (non-hydrogen) atoms. The Morgan fingerprint density at radius 1 is 1.13 bits per heavy atom. The molecule has 0 aliphatic heterocycles. The van der Waals surface area contributed by atoms with E-state index in [0.29, 0.717) is 15.3 Å². The molecule has 0 atom stereocenters. The van der Waals surface area contributed by atoms with Crippen molar-refractivity contribution in [1.29, 1.82) is 0 Å². The number of thioether (sulfide) groups is 1. The van der Waals surface area contributed by atoms with E-state index < -0.39 is 0 Å². The maximum absolute atomic E-state index is 12.6. The summed E-state index contributed by atoms with van der Waals surface area (Å²) in [6.07, 6.45) is 0. The van der Waals surface area contributed by atoms with Gasteiger partial charge in [0.25, 0.3) is 0 Å². The first kappa shape index (κ1) is 20.1. The van der Waals surface area contributed by atoms with Crippen molar-refractivity contribution in [2.24, 2.45) is 0 Å². The van der Waals surface area contributed by atoms with Gasteiger partial charge in [0.05, 0.1) is 17.1 Å². The maximum Gasteiger partial charge on any atom is 0.235 e. The van der Waals surface area contributed by atoms with Gasteiger partial charge < -0.3 is 11.1 Å². The monoisotopic (exact) mass is 436 g/mol. The first-order valence-corrected chi connectivity index (χ1v) is 11.0. The van der Waals surface area contributed by atoms with Gasteiger partial charge in [-0.05, 0) is 37.6 Å². The van der Waals surface area contributed by atoms with E-state index in [2.05, 4.69) is 47.6 Å². The fourth-order valence-corrected chi connectivity index (χ4v) is 4.40. The third-order valence-electron chi connectivity index (χ3n) is 4.40. The minimum absolute atomic E-state index is 0.154. The number of nitrogens with one attached hydrogen (secondary N) is 1. The summed E-state index contributed by atoms with van der Waals surface area (Å²) in [5.41, 5.74) is 10.6. The first-order chi connectivity index (χ1) is 14.5. The molecule has 4 rings (SSSR count).